The zero-order chi connectivity index (χ0) is 16.7. The molecule has 7 nitrogen and oxygen atoms in total. The largest absolute Gasteiger partial charge is 0.469 e. The number of hydrogen-bond donors (Lipinski definition) is 0. The molecule has 0 bridgehead atoms. The van der Waals surface area contributed by atoms with Gasteiger partial charge in [-0.15, -0.1) is 0 Å². The highest BCUT2D eigenvalue weighted by Gasteiger charge is 2.33. The minimum absolute atomic E-state index is 0.0161. The maximum Gasteiger partial charge on any atom is 0.257 e. The summed E-state index contributed by atoms with van der Waals surface area (Å²) >= 11 is 0. The predicted octanol–water partition coefficient (Wildman–Crippen LogP) is 2.29. The van der Waals surface area contributed by atoms with Crippen LogP contribution in [0.5, 0.6) is 0 Å². The third-order valence-corrected chi connectivity index (χ3v) is 4.60. The van der Waals surface area contributed by atoms with E-state index in [0.29, 0.717) is 60.9 Å². The van der Waals surface area contributed by atoms with E-state index >= 15 is 0 Å². The summed E-state index contributed by atoms with van der Waals surface area (Å²) in [6, 6.07) is 3.82. The van der Waals surface area contributed by atoms with E-state index in [1.165, 1.54) is 6.26 Å². The number of aryl methyl sites for hydroxylation is 1. The normalized spacial score (nSPS) is 17.8. The number of carbonyl (C=O) groups excluding carboxylic acids is 1. The SMILES string of the molecule is Cc1occc1C(=O)N1CCN(c2oc(C3CC3)nc2C#N)CC1. The molecule has 1 saturated carbocycles. The van der Waals surface area contributed by atoms with Crippen molar-refractivity contribution >= 4 is 11.8 Å². The molecular formula is C17H18N4O3. The van der Waals surface area contributed by atoms with Crippen LogP contribution in [0.4, 0.5) is 5.88 Å². The number of piperazine rings is 1. The van der Waals surface area contributed by atoms with Crippen molar-refractivity contribution in [2.75, 3.05) is 31.1 Å². The first-order chi connectivity index (χ1) is 11.7. The van der Waals surface area contributed by atoms with Gasteiger partial charge in [0.2, 0.25) is 17.5 Å². The summed E-state index contributed by atoms with van der Waals surface area (Å²) in [6.45, 7) is 4.19. The van der Waals surface area contributed by atoms with Crippen molar-refractivity contribution in [1.82, 2.24) is 9.88 Å². The lowest BCUT2D eigenvalue weighted by Crippen LogP contribution is -2.49. The molecule has 4 rings (SSSR count). The fraction of sp³-hybridized carbons (Fsp3) is 0.471. The first-order valence-electron chi connectivity index (χ1n) is 8.16. The minimum Gasteiger partial charge on any atom is -0.469 e. The molecule has 24 heavy (non-hydrogen) atoms. The molecule has 1 saturated heterocycles. The molecule has 2 aliphatic rings. The number of amides is 1. The van der Waals surface area contributed by atoms with E-state index in [9.17, 15) is 10.1 Å². The van der Waals surface area contributed by atoms with Gasteiger partial charge in [0.15, 0.2) is 0 Å². The molecule has 0 atom stereocenters. The molecule has 0 aromatic carbocycles. The number of oxazole rings is 1. The standard InChI is InChI=1S/C17H18N4O3/c1-11-13(4-9-23-11)16(22)20-5-7-21(8-6-20)17-14(10-18)19-15(24-17)12-2-3-12/h4,9,12H,2-3,5-8H2,1H3. The van der Waals surface area contributed by atoms with Gasteiger partial charge in [-0.3, -0.25) is 4.79 Å². The summed E-state index contributed by atoms with van der Waals surface area (Å²) in [7, 11) is 0. The van der Waals surface area contributed by atoms with Crippen LogP contribution < -0.4 is 4.90 Å². The Kier molecular flexibility index (Phi) is 3.53. The average molecular weight is 326 g/mol. The summed E-state index contributed by atoms with van der Waals surface area (Å²) in [5.41, 5.74) is 0.958. The lowest BCUT2D eigenvalue weighted by molar-refractivity contribution is 0.0743. The molecule has 3 heterocycles. The molecule has 2 aromatic heterocycles. The molecule has 124 valence electrons. The van der Waals surface area contributed by atoms with Crippen molar-refractivity contribution in [2.24, 2.45) is 0 Å². The molecule has 2 aromatic rings. The van der Waals surface area contributed by atoms with Gasteiger partial charge in [-0.25, -0.2) is 4.98 Å². The summed E-state index contributed by atoms with van der Waals surface area (Å²) in [5.74, 6) is 2.22. The lowest BCUT2D eigenvalue weighted by atomic mass is 10.2. The average Bonchev–Trinajstić information content (AvgIpc) is 3.23. The maximum atomic E-state index is 12.5. The van der Waals surface area contributed by atoms with Gasteiger partial charge < -0.3 is 18.6 Å². The fourth-order valence-corrected chi connectivity index (χ4v) is 3.01. The quantitative estimate of drug-likeness (QED) is 0.860. The van der Waals surface area contributed by atoms with Crippen LogP contribution >= 0.6 is 0 Å². The van der Waals surface area contributed by atoms with E-state index in [0.717, 1.165) is 12.8 Å². The van der Waals surface area contributed by atoms with Crippen molar-refractivity contribution in [2.45, 2.75) is 25.7 Å². The van der Waals surface area contributed by atoms with Crippen LogP contribution in [0.1, 0.15) is 46.5 Å². The van der Waals surface area contributed by atoms with Gasteiger partial charge in [0.25, 0.3) is 5.91 Å². The zero-order valence-electron chi connectivity index (χ0n) is 13.5. The number of furan rings is 1. The van der Waals surface area contributed by atoms with Gasteiger partial charge >= 0.3 is 0 Å². The van der Waals surface area contributed by atoms with Crippen LogP contribution in [0.3, 0.4) is 0 Å². The van der Waals surface area contributed by atoms with Crippen LogP contribution in [0.25, 0.3) is 0 Å². The molecule has 0 N–H and O–H groups in total. The monoisotopic (exact) mass is 326 g/mol. The number of anilines is 1. The van der Waals surface area contributed by atoms with Gasteiger partial charge in [0.1, 0.15) is 11.8 Å². The molecule has 0 unspecified atom stereocenters. The number of nitrogens with zero attached hydrogens (tertiary/aromatic N) is 4. The molecule has 1 aliphatic heterocycles. The highest BCUT2D eigenvalue weighted by Crippen LogP contribution is 2.41. The summed E-state index contributed by atoms with van der Waals surface area (Å²) in [6.07, 6.45) is 3.69. The third-order valence-electron chi connectivity index (χ3n) is 4.60. The van der Waals surface area contributed by atoms with Crippen LogP contribution in [0.2, 0.25) is 0 Å². The molecule has 1 aliphatic carbocycles. The Labute approximate surface area is 139 Å². The number of aromatic nitrogens is 1. The molecular weight excluding hydrogens is 308 g/mol. The van der Waals surface area contributed by atoms with Crippen LogP contribution in [-0.4, -0.2) is 42.0 Å². The van der Waals surface area contributed by atoms with Crippen LogP contribution in [0.15, 0.2) is 21.2 Å². The van der Waals surface area contributed by atoms with E-state index in [1.807, 2.05) is 4.90 Å². The highest BCUT2D eigenvalue weighted by molar-refractivity contribution is 5.95. The molecule has 2 fully saturated rings. The molecule has 0 radical (unpaired) electrons. The molecule has 7 heteroatoms. The smallest absolute Gasteiger partial charge is 0.257 e. The second kappa shape index (κ2) is 5.71. The summed E-state index contributed by atoms with van der Waals surface area (Å²) in [5, 5.41) is 9.29. The van der Waals surface area contributed by atoms with Gasteiger partial charge in [0.05, 0.1) is 11.8 Å². The number of carbonyl (C=O) groups is 1. The van der Waals surface area contributed by atoms with Crippen molar-refractivity contribution in [1.29, 1.82) is 5.26 Å². The highest BCUT2D eigenvalue weighted by atomic mass is 16.4. The Morgan fingerprint density at radius 1 is 1.33 bits per heavy atom. The van der Waals surface area contributed by atoms with E-state index < -0.39 is 0 Å². The Balaban J connectivity index is 1.46. The van der Waals surface area contributed by atoms with E-state index in [2.05, 4.69) is 11.1 Å². The van der Waals surface area contributed by atoms with Gasteiger partial charge in [-0.05, 0) is 25.8 Å². The van der Waals surface area contributed by atoms with Crippen molar-refractivity contribution in [3.05, 3.63) is 35.2 Å². The lowest BCUT2D eigenvalue weighted by Gasteiger charge is -2.34. The topological polar surface area (TPSA) is 86.5 Å². The summed E-state index contributed by atoms with van der Waals surface area (Å²) < 4.78 is 11.0. The maximum absolute atomic E-state index is 12.5. The Morgan fingerprint density at radius 3 is 2.67 bits per heavy atom. The number of nitriles is 1. The zero-order valence-corrected chi connectivity index (χ0v) is 13.5. The van der Waals surface area contributed by atoms with Gasteiger partial charge in [0, 0.05) is 32.1 Å². The Morgan fingerprint density at radius 2 is 2.08 bits per heavy atom. The summed E-state index contributed by atoms with van der Waals surface area (Å²) in [4.78, 5) is 20.6. The van der Waals surface area contributed by atoms with E-state index in [4.69, 9.17) is 8.83 Å². The van der Waals surface area contributed by atoms with Crippen LogP contribution in [-0.2, 0) is 0 Å². The Bertz CT molecular complexity index is 804. The number of hydrogen-bond acceptors (Lipinski definition) is 6. The molecule has 0 spiro atoms. The predicted molar refractivity (Wildman–Crippen MR) is 84.8 cm³/mol. The van der Waals surface area contributed by atoms with Crippen molar-refractivity contribution < 1.29 is 13.6 Å². The second-order valence-corrected chi connectivity index (χ2v) is 6.26. The van der Waals surface area contributed by atoms with Gasteiger partial charge in [-0.2, -0.15) is 5.26 Å². The van der Waals surface area contributed by atoms with E-state index in [1.54, 1.807) is 17.9 Å². The second-order valence-electron chi connectivity index (χ2n) is 6.26. The first kappa shape index (κ1) is 14.8. The fourth-order valence-electron chi connectivity index (χ4n) is 3.01. The van der Waals surface area contributed by atoms with Crippen molar-refractivity contribution in [3.8, 4) is 6.07 Å². The Hall–Kier alpha value is -2.75. The van der Waals surface area contributed by atoms with Gasteiger partial charge in [-0.1, -0.05) is 0 Å². The first-order valence-corrected chi connectivity index (χ1v) is 8.16. The van der Waals surface area contributed by atoms with Crippen LogP contribution in [0, 0.1) is 18.3 Å². The van der Waals surface area contributed by atoms with E-state index in [-0.39, 0.29) is 5.91 Å². The number of rotatable bonds is 3. The molecule has 1 amide bonds. The third kappa shape index (κ3) is 2.54. The van der Waals surface area contributed by atoms with Crippen molar-refractivity contribution in [3.63, 3.8) is 0 Å². The minimum atomic E-state index is -0.0161.